The van der Waals surface area contributed by atoms with Crippen LogP contribution in [0.1, 0.15) is 51.0 Å². The van der Waals surface area contributed by atoms with Crippen LogP contribution in [0.5, 0.6) is 0 Å². The van der Waals surface area contributed by atoms with Crippen molar-refractivity contribution in [2.45, 2.75) is 56.8 Å². The molecule has 1 heterocycles. The maximum atomic E-state index is 13.5. The van der Waals surface area contributed by atoms with Gasteiger partial charge in [0.15, 0.2) is 0 Å². The van der Waals surface area contributed by atoms with Crippen LogP contribution in [0.2, 0.25) is 0 Å². The monoisotopic (exact) mass is 410 g/mol. The van der Waals surface area contributed by atoms with Gasteiger partial charge >= 0.3 is 0 Å². The summed E-state index contributed by atoms with van der Waals surface area (Å²) in [5.41, 5.74) is 2.18. The topological polar surface area (TPSA) is 50.3 Å². The lowest BCUT2D eigenvalue weighted by Gasteiger charge is -2.22. The van der Waals surface area contributed by atoms with Crippen LogP contribution in [0.15, 0.2) is 65.7 Å². The summed E-state index contributed by atoms with van der Waals surface area (Å²) in [6, 6.07) is 16.8. The normalized spacial score (nSPS) is 11.7. The number of fused-ring (bicyclic) bond motifs is 1. The van der Waals surface area contributed by atoms with Gasteiger partial charge in [0.1, 0.15) is 0 Å². The van der Waals surface area contributed by atoms with E-state index in [0.29, 0.717) is 16.1 Å². The first-order valence-corrected chi connectivity index (χ1v) is 11.9. The Kier molecular flexibility index (Phi) is 7.26. The minimum atomic E-state index is -3.67. The number of aryl methyl sites for hydroxylation is 1. The fourth-order valence-electron chi connectivity index (χ4n) is 3.68. The van der Waals surface area contributed by atoms with Crippen LogP contribution in [-0.2, 0) is 16.4 Å². The Morgan fingerprint density at radius 3 is 2.41 bits per heavy atom. The lowest BCUT2D eigenvalue weighted by atomic mass is 10.1. The van der Waals surface area contributed by atoms with Gasteiger partial charge in [0.25, 0.3) is 10.0 Å². The molecule has 3 rings (SSSR count). The van der Waals surface area contributed by atoms with Gasteiger partial charge in [0.2, 0.25) is 0 Å². The molecule has 0 radical (unpaired) electrons. The SMILES string of the molecule is CCCCCCCCc1ccccc1S(=O)(=O)N(C)c1cccc2cccnc12. The molecule has 0 saturated heterocycles. The second-order valence-corrected chi connectivity index (χ2v) is 9.39. The number of rotatable bonds is 10. The molecular formula is C24H30N2O2S. The van der Waals surface area contributed by atoms with Crippen molar-refractivity contribution in [3.8, 4) is 0 Å². The van der Waals surface area contributed by atoms with Gasteiger partial charge in [0.05, 0.1) is 16.1 Å². The number of hydrogen-bond acceptors (Lipinski definition) is 3. The van der Waals surface area contributed by atoms with Gasteiger partial charge in [-0.05, 0) is 36.6 Å². The van der Waals surface area contributed by atoms with Crippen molar-refractivity contribution < 1.29 is 8.42 Å². The van der Waals surface area contributed by atoms with Crippen LogP contribution in [0, 0.1) is 0 Å². The summed E-state index contributed by atoms with van der Waals surface area (Å²) in [6.07, 6.45) is 9.60. The average molecular weight is 411 g/mol. The third kappa shape index (κ3) is 4.96. The van der Waals surface area contributed by atoms with E-state index in [-0.39, 0.29) is 0 Å². The second kappa shape index (κ2) is 9.88. The molecule has 0 spiro atoms. The molecule has 2 aromatic carbocycles. The smallest absolute Gasteiger partial charge is 0.264 e. The van der Waals surface area contributed by atoms with Gasteiger partial charge in [-0.3, -0.25) is 9.29 Å². The van der Waals surface area contributed by atoms with Gasteiger partial charge in [-0.2, -0.15) is 0 Å². The zero-order chi connectivity index (χ0) is 20.7. The minimum Gasteiger partial charge on any atom is -0.267 e. The highest BCUT2D eigenvalue weighted by Crippen LogP contribution is 2.30. The maximum absolute atomic E-state index is 13.5. The van der Waals surface area contributed by atoms with Crippen molar-refractivity contribution in [2.24, 2.45) is 0 Å². The van der Waals surface area contributed by atoms with Gasteiger partial charge in [-0.15, -0.1) is 0 Å². The van der Waals surface area contributed by atoms with E-state index < -0.39 is 10.0 Å². The fourth-order valence-corrected chi connectivity index (χ4v) is 5.13. The second-order valence-electron chi connectivity index (χ2n) is 7.45. The van der Waals surface area contributed by atoms with Crippen molar-refractivity contribution in [1.29, 1.82) is 0 Å². The number of aromatic nitrogens is 1. The van der Waals surface area contributed by atoms with Gasteiger partial charge in [0, 0.05) is 18.6 Å². The molecule has 0 unspecified atom stereocenters. The van der Waals surface area contributed by atoms with Gasteiger partial charge in [-0.25, -0.2) is 8.42 Å². The molecule has 0 bridgehead atoms. The number of sulfonamides is 1. The van der Waals surface area contributed by atoms with Crippen molar-refractivity contribution in [3.63, 3.8) is 0 Å². The summed E-state index contributed by atoms with van der Waals surface area (Å²) in [5, 5.41) is 0.924. The Hall–Kier alpha value is -2.40. The van der Waals surface area contributed by atoms with E-state index in [9.17, 15) is 8.42 Å². The highest BCUT2D eigenvalue weighted by atomic mass is 32.2. The number of pyridine rings is 1. The molecular weight excluding hydrogens is 380 g/mol. The molecule has 0 N–H and O–H groups in total. The zero-order valence-electron chi connectivity index (χ0n) is 17.3. The summed E-state index contributed by atoms with van der Waals surface area (Å²) in [4.78, 5) is 4.80. The van der Waals surface area contributed by atoms with E-state index in [2.05, 4.69) is 11.9 Å². The van der Waals surface area contributed by atoms with E-state index in [0.717, 1.165) is 30.2 Å². The fraction of sp³-hybridized carbons (Fsp3) is 0.375. The van der Waals surface area contributed by atoms with Crippen LogP contribution >= 0.6 is 0 Å². The Morgan fingerprint density at radius 2 is 1.59 bits per heavy atom. The molecule has 0 fully saturated rings. The van der Waals surface area contributed by atoms with Crippen LogP contribution in [0.25, 0.3) is 10.9 Å². The molecule has 0 aliphatic heterocycles. The highest BCUT2D eigenvalue weighted by Gasteiger charge is 2.25. The van der Waals surface area contributed by atoms with Crippen molar-refractivity contribution >= 4 is 26.6 Å². The first-order valence-electron chi connectivity index (χ1n) is 10.5. The Bertz CT molecular complexity index is 1040. The molecule has 0 atom stereocenters. The third-order valence-corrected chi connectivity index (χ3v) is 7.23. The van der Waals surface area contributed by atoms with Crippen LogP contribution in [-0.4, -0.2) is 20.4 Å². The molecule has 154 valence electrons. The number of hydrogen-bond donors (Lipinski definition) is 0. The Labute approximate surface area is 174 Å². The molecule has 29 heavy (non-hydrogen) atoms. The molecule has 3 aromatic rings. The van der Waals surface area contributed by atoms with Crippen LogP contribution < -0.4 is 4.31 Å². The van der Waals surface area contributed by atoms with E-state index >= 15 is 0 Å². The predicted molar refractivity (Wildman–Crippen MR) is 121 cm³/mol. The molecule has 0 saturated carbocycles. The number of unbranched alkanes of at least 4 members (excludes halogenated alkanes) is 5. The molecule has 4 nitrogen and oxygen atoms in total. The molecule has 5 heteroatoms. The standard InChI is InChI=1S/C24H30N2O2S/c1-3-4-5-6-7-8-13-20-14-9-10-18-23(20)29(27,28)26(2)22-17-11-15-21-16-12-19-25-24(21)22/h9-12,14-19H,3-8,13H2,1-2H3. The van der Waals surface area contributed by atoms with E-state index in [1.54, 1.807) is 25.4 Å². The first kappa shape index (κ1) is 21.3. The number of nitrogens with zero attached hydrogens (tertiary/aromatic N) is 2. The highest BCUT2D eigenvalue weighted by molar-refractivity contribution is 7.92. The Balaban J connectivity index is 1.84. The summed E-state index contributed by atoms with van der Waals surface area (Å²) in [7, 11) is -2.06. The van der Waals surface area contributed by atoms with E-state index in [1.165, 1.54) is 30.0 Å². The average Bonchev–Trinajstić information content (AvgIpc) is 2.75. The summed E-state index contributed by atoms with van der Waals surface area (Å²) < 4.78 is 28.3. The quantitative estimate of drug-likeness (QED) is 0.387. The van der Waals surface area contributed by atoms with Crippen LogP contribution in [0.4, 0.5) is 5.69 Å². The number of benzene rings is 2. The van der Waals surface area contributed by atoms with Crippen molar-refractivity contribution in [2.75, 3.05) is 11.4 Å². The molecule has 0 aliphatic rings. The summed E-state index contributed by atoms with van der Waals surface area (Å²) >= 11 is 0. The van der Waals surface area contributed by atoms with Crippen LogP contribution in [0.3, 0.4) is 0 Å². The predicted octanol–water partition coefficient (Wildman–Crippen LogP) is 5.96. The zero-order valence-corrected chi connectivity index (χ0v) is 18.2. The molecule has 1 aromatic heterocycles. The lowest BCUT2D eigenvalue weighted by Crippen LogP contribution is -2.27. The van der Waals surface area contributed by atoms with E-state index in [4.69, 9.17) is 0 Å². The van der Waals surface area contributed by atoms with Crippen molar-refractivity contribution in [3.05, 3.63) is 66.4 Å². The molecule has 0 aliphatic carbocycles. The summed E-state index contributed by atoms with van der Waals surface area (Å²) in [5.74, 6) is 0. The lowest BCUT2D eigenvalue weighted by molar-refractivity contribution is 0.589. The van der Waals surface area contributed by atoms with Gasteiger partial charge < -0.3 is 0 Å². The largest absolute Gasteiger partial charge is 0.267 e. The number of anilines is 1. The maximum Gasteiger partial charge on any atom is 0.264 e. The minimum absolute atomic E-state index is 0.393. The van der Waals surface area contributed by atoms with Gasteiger partial charge in [-0.1, -0.05) is 75.4 Å². The summed E-state index contributed by atoms with van der Waals surface area (Å²) in [6.45, 7) is 2.21. The number of para-hydroxylation sites is 1. The van der Waals surface area contributed by atoms with E-state index in [1.807, 2.05) is 42.5 Å². The third-order valence-electron chi connectivity index (χ3n) is 5.36. The molecule has 0 amide bonds. The first-order chi connectivity index (χ1) is 14.1. The van der Waals surface area contributed by atoms with Crippen molar-refractivity contribution in [1.82, 2.24) is 4.98 Å². The Morgan fingerprint density at radius 1 is 0.862 bits per heavy atom.